The summed E-state index contributed by atoms with van der Waals surface area (Å²) in [5.41, 5.74) is -1.70. The Morgan fingerprint density at radius 3 is 2.56 bits per heavy atom. The van der Waals surface area contributed by atoms with Crippen LogP contribution in [0.1, 0.15) is 10.4 Å². The van der Waals surface area contributed by atoms with E-state index in [4.69, 9.17) is 0 Å². The van der Waals surface area contributed by atoms with Crippen LogP contribution in [0.4, 0.5) is 23.4 Å². The molecular formula is C15H14F4N4O4. The molecule has 2 atom stereocenters. The molecule has 1 aliphatic rings. The van der Waals surface area contributed by atoms with Gasteiger partial charge in [0.25, 0.3) is 5.91 Å². The minimum absolute atomic E-state index is 0.0707. The molecule has 4 N–H and O–H groups in total. The van der Waals surface area contributed by atoms with Gasteiger partial charge in [-0.15, -0.1) is 0 Å². The van der Waals surface area contributed by atoms with Gasteiger partial charge in [0.2, 0.25) is 5.43 Å². The average molecular weight is 390 g/mol. The first-order chi connectivity index (χ1) is 12.6. The van der Waals surface area contributed by atoms with Crippen LogP contribution in [0.15, 0.2) is 17.1 Å². The van der Waals surface area contributed by atoms with Crippen molar-refractivity contribution in [2.24, 2.45) is 0 Å². The number of hydrogen-bond acceptors (Lipinski definition) is 6. The fraction of sp³-hybridized carbons (Fsp3) is 0.400. The van der Waals surface area contributed by atoms with Crippen LogP contribution in [0.5, 0.6) is 0 Å². The zero-order valence-corrected chi connectivity index (χ0v) is 13.5. The van der Waals surface area contributed by atoms with Crippen molar-refractivity contribution in [3.05, 3.63) is 33.9 Å². The Morgan fingerprint density at radius 1 is 1.33 bits per heavy atom. The minimum atomic E-state index is -4.65. The number of β-amino-alcohol motifs (C(OH)–C–C–N with tert-alkyl or cyclic N) is 2. The van der Waals surface area contributed by atoms with Crippen molar-refractivity contribution < 1.29 is 32.6 Å². The number of nitrogens with zero attached hydrogens (tertiary/aromatic N) is 2. The maximum Gasteiger partial charge on any atom is 0.405 e. The number of nitrogens with one attached hydrogen (secondary N) is 2. The van der Waals surface area contributed by atoms with Gasteiger partial charge >= 0.3 is 6.18 Å². The number of H-pyrrole nitrogens is 1. The number of pyridine rings is 2. The van der Waals surface area contributed by atoms with Crippen molar-refractivity contribution in [3.8, 4) is 0 Å². The molecule has 27 heavy (non-hydrogen) atoms. The summed E-state index contributed by atoms with van der Waals surface area (Å²) >= 11 is 0. The van der Waals surface area contributed by atoms with Gasteiger partial charge in [0.15, 0.2) is 11.6 Å². The maximum absolute atomic E-state index is 14.4. The molecule has 0 saturated carbocycles. The highest BCUT2D eigenvalue weighted by Crippen LogP contribution is 2.24. The first kappa shape index (κ1) is 19.0. The minimum Gasteiger partial charge on any atom is -0.389 e. The second-order valence-corrected chi connectivity index (χ2v) is 6.06. The monoisotopic (exact) mass is 390 g/mol. The van der Waals surface area contributed by atoms with Crippen molar-refractivity contribution >= 4 is 22.8 Å². The molecule has 3 heterocycles. The predicted octanol–water partition coefficient (Wildman–Crippen LogP) is -0.104. The van der Waals surface area contributed by atoms with Gasteiger partial charge in [-0.05, 0) is 6.07 Å². The second-order valence-electron chi connectivity index (χ2n) is 6.06. The molecule has 2 aromatic rings. The van der Waals surface area contributed by atoms with E-state index in [0.717, 1.165) is 12.3 Å². The molecule has 2 aromatic heterocycles. The number of alkyl halides is 3. The summed E-state index contributed by atoms with van der Waals surface area (Å²) in [6.07, 6.45) is -5.92. The highest BCUT2D eigenvalue weighted by atomic mass is 19.4. The van der Waals surface area contributed by atoms with Crippen LogP contribution in [-0.4, -0.2) is 64.1 Å². The Labute approximate surface area is 148 Å². The molecule has 1 amide bonds. The van der Waals surface area contributed by atoms with E-state index in [2.05, 4.69) is 9.97 Å². The lowest BCUT2D eigenvalue weighted by Crippen LogP contribution is -2.36. The number of carbonyl (C=O) groups is 1. The van der Waals surface area contributed by atoms with Crippen LogP contribution < -0.4 is 15.6 Å². The SMILES string of the molecule is O=C(NCC(F)(F)F)c1c[nH]c2nc(N3C[C@@H](O)[C@H](O)C3)c(F)cc2c1=O. The summed E-state index contributed by atoms with van der Waals surface area (Å²) in [4.78, 5) is 31.8. The second kappa shape index (κ2) is 6.78. The zero-order chi connectivity index (χ0) is 19.9. The molecule has 3 rings (SSSR count). The molecule has 1 aliphatic heterocycles. The molecular weight excluding hydrogens is 376 g/mol. The molecule has 1 saturated heterocycles. The summed E-state index contributed by atoms with van der Waals surface area (Å²) in [7, 11) is 0. The Hall–Kier alpha value is -2.73. The van der Waals surface area contributed by atoms with Crippen LogP contribution in [0.2, 0.25) is 0 Å². The summed E-state index contributed by atoms with van der Waals surface area (Å²) in [5, 5.41) is 20.4. The third-order valence-electron chi connectivity index (χ3n) is 4.05. The summed E-state index contributed by atoms with van der Waals surface area (Å²) in [6, 6.07) is 0.800. The maximum atomic E-state index is 14.4. The number of aliphatic hydroxyl groups excluding tert-OH is 2. The Kier molecular flexibility index (Phi) is 4.78. The van der Waals surface area contributed by atoms with Gasteiger partial charge in [0, 0.05) is 19.3 Å². The normalized spacial score (nSPS) is 20.3. The summed E-state index contributed by atoms with van der Waals surface area (Å²) < 4.78 is 50.9. The van der Waals surface area contributed by atoms with E-state index in [0.29, 0.717) is 0 Å². The zero-order valence-electron chi connectivity index (χ0n) is 13.5. The van der Waals surface area contributed by atoms with E-state index in [1.807, 2.05) is 0 Å². The molecule has 0 radical (unpaired) electrons. The van der Waals surface area contributed by atoms with Gasteiger partial charge < -0.3 is 25.4 Å². The number of rotatable bonds is 3. The van der Waals surface area contributed by atoms with Crippen molar-refractivity contribution in [2.45, 2.75) is 18.4 Å². The fourth-order valence-corrected chi connectivity index (χ4v) is 2.72. The molecule has 8 nitrogen and oxygen atoms in total. The number of fused-ring (bicyclic) bond motifs is 1. The molecule has 146 valence electrons. The lowest BCUT2D eigenvalue weighted by molar-refractivity contribution is -0.123. The van der Waals surface area contributed by atoms with Gasteiger partial charge in [-0.25, -0.2) is 9.37 Å². The van der Waals surface area contributed by atoms with Crippen LogP contribution in [0.25, 0.3) is 11.0 Å². The van der Waals surface area contributed by atoms with E-state index in [-0.39, 0.29) is 29.9 Å². The molecule has 0 aliphatic carbocycles. The molecule has 0 unspecified atom stereocenters. The van der Waals surface area contributed by atoms with E-state index >= 15 is 0 Å². The Balaban J connectivity index is 1.94. The van der Waals surface area contributed by atoms with Crippen LogP contribution in [0.3, 0.4) is 0 Å². The van der Waals surface area contributed by atoms with Gasteiger partial charge in [-0.2, -0.15) is 13.2 Å². The third kappa shape index (κ3) is 3.85. The Morgan fingerprint density at radius 2 is 1.96 bits per heavy atom. The van der Waals surface area contributed by atoms with Crippen LogP contribution in [0, 0.1) is 5.82 Å². The number of aliphatic hydroxyl groups is 2. The first-order valence-electron chi connectivity index (χ1n) is 7.75. The van der Waals surface area contributed by atoms with E-state index in [9.17, 15) is 37.4 Å². The molecule has 0 spiro atoms. The lowest BCUT2D eigenvalue weighted by Gasteiger charge is -2.17. The van der Waals surface area contributed by atoms with Crippen LogP contribution >= 0.6 is 0 Å². The highest BCUT2D eigenvalue weighted by molar-refractivity contribution is 5.96. The van der Waals surface area contributed by atoms with Gasteiger partial charge in [-0.3, -0.25) is 9.59 Å². The Bertz CT molecular complexity index is 936. The van der Waals surface area contributed by atoms with Crippen molar-refractivity contribution in [2.75, 3.05) is 24.5 Å². The number of halogens is 4. The topological polar surface area (TPSA) is 119 Å². The molecule has 1 fully saturated rings. The number of aromatic amines is 1. The highest BCUT2D eigenvalue weighted by Gasteiger charge is 2.32. The molecule has 0 aromatic carbocycles. The first-order valence-corrected chi connectivity index (χ1v) is 7.75. The summed E-state index contributed by atoms with van der Waals surface area (Å²) in [6.45, 7) is -1.76. The number of aromatic nitrogens is 2. The fourth-order valence-electron chi connectivity index (χ4n) is 2.72. The smallest absolute Gasteiger partial charge is 0.389 e. The van der Waals surface area contributed by atoms with Crippen molar-refractivity contribution in [1.29, 1.82) is 0 Å². The number of carbonyl (C=O) groups excluding carboxylic acids is 1. The van der Waals surface area contributed by atoms with Crippen molar-refractivity contribution in [1.82, 2.24) is 15.3 Å². The van der Waals surface area contributed by atoms with Gasteiger partial charge in [0.05, 0.1) is 17.6 Å². The van der Waals surface area contributed by atoms with E-state index in [1.54, 1.807) is 5.32 Å². The predicted molar refractivity (Wildman–Crippen MR) is 84.9 cm³/mol. The molecule has 12 heteroatoms. The van der Waals surface area contributed by atoms with E-state index < -0.39 is 47.6 Å². The standard InChI is InChI=1S/C15H14F4N4O4/c16-8-1-6-11(26)7(14(27)21-5-15(17,18)19)2-20-12(6)22-13(8)23-3-9(24)10(25)4-23/h1-2,9-10,24-25H,3-5H2,(H,21,27)(H,20,22,26)/t9-,10-/m1/s1. The average Bonchev–Trinajstić information content (AvgIpc) is 2.91. The van der Waals surface area contributed by atoms with E-state index in [1.165, 1.54) is 4.90 Å². The molecule has 0 bridgehead atoms. The van der Waals surface area contributed by atoms with Crippen molar-refractivity contribution in [3.63, 3.8) is 0 Å². The number of hydrogen-bond donors (Lipinski definition) is 4. The number of amides is 1. The lowest BCUT2D eigenvalue weighted by atomic mass is 10.2. The van der Waals surface area contributed by atoms with Gasteiger partial charge in [0.1, 0.15) is 17.8 Å². The van der Waals surface area contributed by atoms with Gasteiger partial charge in [-0.1, -0.05) is 0 Å². The largest absolute Gasteiger partial charge is 0.405 e. The number of anilines is 1. The quantitative estimate of drug-likeness (QED) is 0.544. The third-order valence-corrected chi connectivity index (χ3v) is 4.05. The summed E-state index contributed by atoms with van der Waals surface area (Å²) in [5.74, 6) is -2.42. The van der Waals surface area contributed by atoms with Crippen LogP contribution in [-0.2, 0) is 0 Å².